The molecule has 0 saturated heterocycles. The van der Waals surface area contributed by atoms with E-state index in [-0.39, 0.29) is 12.5 Å². The molecule has 0 fully saturated rings. The van der Waals surface area contributed by atoms with Crippen LogP contribution in [0.1, 0.15) is 51.4 Å². The molecule has 0 radical (unpaired) electrons. The highest BCUT2D eigenvalue weighted by Crippen LogP contribution is 2.16. The van der Waals surface area contributed by atoms with E-state index in [1.54, 1.807) is 0 Å². The van der Waals surface area contributed by atoms with E-state index >= 15 is 0 Å². The van der Waals surface area contributed by atoms with Crippen LogP contribution in [0.25, 0.3) is 10.9 Å². The monoisotopic (exact) mass is 359 g/mol. The van der Waals surface area contributed by atoms with E-state index in [0.717, 1.165) is 25.8 Å². The molecular weight excluding hydrogens is 330 g/mol. The number of benzene rings is 1. The van der Waals surface area contributed by atoms with Gasteiger partial charge in [-0.3, -0.25) is 14.8 Å². The predicted molar refractivity (Wildman–Crippen MR) is 102 cm³/mol. The highest BCUT2D eigenvalue weighted by Gasteiger charge is 2.04. The SMILES string of the molecule is O=C(CNC(=O)CCCCCCCCCn1ccc2ccccc21)NO. The number of nitrogens with zero attached hydrogens (tertiary/aromatic N) is 1. The van der Waals surface area contributed by atoms with Crippen LogP contribution in [0.2, 0.25) is 0 Å². The van der Waals surface area contributed by atoms with Crippen molar-refractivity contribution in [3.8, 4) is 0 Å². The molecular formula is C20H29N3O3. The zero-order valence-electron chi connectivity index (χ0n) is 15.2. The van der Waals surface area contributed by atoms with Gasteiger partial charge in [0.25, 0.3) is 5.91 Å². The second-order valence-corrected chi connectivity index (χ2v) is 6.60. The zero-order chi connectivity index (χ0) is 18.6. The molecule has 2 rings (SSSR count). The molecule has 0 unspecified atom stereocenters. The smallest absolute Gasteiger partial charge is 0.262 e. The Morgan fingerprint density at radius 2 is 1.58 bits per heavy atom. The van der Waals surface area contributed by atoms with Crippen molar-refractivity contribution in [3.05, 3.63) is 36.5 Å². The molecule has 0 spiro atoms. The van der Waals surface area contributed by atoms with Gasteiger partial charge in [-0.05, 0) is 30.4 Å². The summed E-state index contributed by atoms with van der Waals surface area (Å²) in [5.74, 6) is -0.751. The molecule has 26 heavy (non-hydrogen) atoms. The van der Waals surface area contributed by atoms with Crippen LogP contribution in [0.3, 0.4) is 0 Å². The van der Waals surface area contributed by atoms with Gasteiger partial charge in [0, 0.05) is 24.7 Å². The molecule has 1 aromatic heterocycles. The fourth-order valence-corrected chi connectivity index (χ4v) is 3.09. The molecule has 0 bridgehead atoms. The highest BCUT2D eigenvalue weighted by atomic mass is 16.5. The van der Waals surface area contributed by atoms with Crippen LogP contribution in [-0.2, 0) is 16.1 Å². The zero-order valence-corrected chi connectivity index (χ0v) is 15.2. The third-order valence-electron chi connectivity index (χ3n) is 4.55. The first-order valence-electron chi connectivity index (χ1n) is 9.44. The summed E-state index contributed by atoms with van der Waals surface area (Å²) in [5, 5.41) is 12.1. The normalized spacial score (nSPS) is 10.8. The van der Waals surface area contributed by atoms with Crippen LogP contribution in [0, 0.1) is 0 Å². The van der Waals surface area contributed by atoms with Crippen molar-refractivity contribution in [1.29, 1.82) is 0 Å². The topological polar surface area (TPSA) is 83.4 Å². The van der Waals surface area contributed by atoms with E-state index in [0.29, 0.717) is 6.42 Å². The lowest BCUT2D eigenvalue weighted by molar-refractivity contribution is -0.131. The van der Waals surface area contributed by atoms with Gasteiger partial charge < -0.3 is 9.88 Å². The van der Waals surface area contributed by atoms with Crippen molar-refractivity contribution in [1.82, 2.24) is 15.4 Å². The Morgan fingerprint density at radius 3 is 2.35 bits per heavy atom. The standard InChI is InChI=1S/C20H29N3O3/c24-19(21-16-20(25)22-26)12-6-4-2-1-3-5-9-14-23-15-13-17-10-7-8-11-18(17)23/h7-8,10-11,13,15,26H,1-6,9,12,14,16H2,(H,21,24)(H,22,25). The van der Waals surface area contributed by atoms with Gasteiger partial charge >= 0.3 is 0 Å². The average molecular weight is 359 g/mol. The van der Waals surface area contributed by atoms with Gasteiger partial charge in [0.15, 0.2) is 0 Å². The van der Waals surface area contributed by atoms with Crippen LogP contribution in [-0.4, -0.2) is 28.1 Å². The summed E-state index contributed by atoms with van der Waals surface area (Å²) < 4.78 is 2.32. The second kappa shape index (κ2) is 11.3. The summed E-state index contributed by atoms with van der Waals surface area (Å²) in [5.41, 5.74) is 2.79. The largest absolute Gasteiger partial charge is 0.347 e. The van der Waals surface area contributed by atoms with Crippen molar-refractivity contribution < 1.29 is 14.8 Å². The molecule has 6 heteroatoms. The molecule has 1 aromatic carbocycles. The molecule has 0 aliphatic carbocycles. The first-order valence-corrected chi connectivity index (χ1v) is 9.44. The van der Waals surface area contributed by atoms with Gasteiger partial charge in [0.1, 0.15) is 0 Å². The minimum atomic E-state index is -0.605. The van der Waals surface area contributed by atoms with Crippen molar-refractivity contribution in [3.63, 3.8) is 0 Å². The average Bonchev–Trinajstić information content (AvgIpc) is 3.08. The number of amides is 2. The minimum absolute atomic E-state index is 0.146. The molecule has 1 heterocycles. The number of unbranched alkanes of at least 4 members (excludes halogenated alkanes) is 6. The third-order valence-corrected chi connectivity index (χ3v) is 4.55. The van der Waals surface area contributed by atoms with E-state index in [2.05, 4.69) is 46.4 Å². The Bertz CT molecular complexity index is 696. The van der Waals surface area contributed by atoms with Crippen LogP contribution in [0.4, 0.5) is 0 Å². The maximum Gasteiger partial charge on any atom is 0.262 e. The Balaban J connectivity index is 1.45. The number of hydrogen-bond acceptors (Lipinski definition) is 3. The van der Waals surface area contributed by atoms with Crippen molar-refractivity contribution in [2.24, 2.45) is 0 Å². The molecule has 142 valence electrons. The number of rotatable bonds is 12. The molecule has 2 aromatic rings. The van der Waals surface area contributed by atoms with E-state index in [1.807, 2.05) is 0 Å². The molecule has 2 amide bonds. The van der Waals surface area contributed by atoms with Crippen molar-refractivity contribution in [2.45, 2.75) is 57.9 Å². The first-order chi connectivity index (χ1) is 12.7. The third kappa shape index (κ3) is 6.88. The fourth-order valence-electron chi connectivity index (χ4n) is 3.09. The fraction of sp³-hybridized carbons (Fsp3) is 0.500. The lowest BCUT2D eigenvalue weighted by Crippen LogP contribution is -2.35. The maximum atomic E-state index is 11.5. The number of para-hydroxylation sites is 1. The predicted octanol–water partition coefficient (Wildman–Crippen LogP) is 3.38. The molecule has 6 nitrogen and oxygen atoms in total. The van der Waals surface area contributed by atoms with Gasteiger partial charge in [0.2, 0.25) is 5.91 Å². The van der Waals surface area contributed by atoms with E-state index in [1.165, 1.54) is 42.1 Å². The number of nitrogens with one attached hydrogen (secondary N) is 2. The lowest BCUT2D eigenvalue weighted by Gasteiger charge is -2.06. The molecule has 0 aliphatic heterocycles. The summed E-state index contributed by atoms with van der Waals surface area (Å²) in [6, 6.07) is 10.6. The number of hydrogen-bond donors (Lipinski definition) is 3. The summed E-state index contributed by atoms with van der Waals surface area (Å²) in [6.07, 6.45) is 10.4. The summed E-state index contributed by atoms with van der Waals surface area (Å²) in [7, 11) is 0. The van der Waals surface area contributed by atoms with E-state index in [4.69, 9.17) is 5.21 Å². The summed E-state index contributed by atoms with van der Waals surface area (Å²) >= 11 is 0. The van der Waals surface area contributed by atoms with Gasteiger partial charge in [-0.2, -0.15) is 0 Å². The minimum Gasteiger partial charge on any atom is -0.347 e. The van der Waals surface area contributed by atoms with Crippen LogP contribution in [0.5, 0.6) is 0 Å². The second-order valence-electron chi connectivity index (χ2n) is 6.60. The van der Waals surface area contributed by atoms with E-state index in [9.17, 15) is 9.59 Å². The number of fused-ring (bicyclic) bond motifs is 1. The Hall–Kier alpha value is -2.34. The van der Waals surface area contributed by atoms with Gasteiger partial charge in [0.05, 0.1) is 6.54 Å². The number of aryl methyl sites for hydroxylation is 1. The number of carbonyl (C=O) groups excluding carboxylic acids is 2. The van der Waals surface area contributed by atoms with Crippen LogP contribution in [0.15, 0.2) is 36.5 Å². The Labute approximate surface area is 154 Å². The van der Waals surface area contributed by atoms with Crippen LogP contribution < -0.4 is 10.8 Å². The number of aromatic nitrogens is 1. The quantitative estimate of drug-likeness (QED) is 0.309. The Morgan fingerprint density at radius 1 is 0.885 bits per heavy atom. The molecule has 0 aliphatic rings. The number of carbonyl (C=O) groups is 2. The lowest BCUT2D eigenvalue weighted by atomic mass is 10.1. The van der Waals surface area contributed by atoms with Gasteiger partial charge in [-0.1, -0.05) is 50.3 Å². The first kappa shape index (κ1) is 20.0. The summed E-state index contributed by atoms with van der Waals surface area (Å²) in [4.78, 5) is 22.2. The van der Waals surface area contributed by atoms with Crippen LogP contribution >= 0.6 is 0 Å². The molecule has 3 N–H and O–H groups in total. The van der Waals surface area contributed by atoms with Crippen molar-refractivity contribution in [2.75, 3.05) is 6.54 Å². The van der Waals surface area contributed by atoms with E-state index < -0.39 is 5.91 Å². The maximum absolute atomic E-state index is 11.5. The van der Waals surface area contributed by atoms with Crippen molar-refractivity contribution >= 4 is 22.7 Å². The summed E-state index contributed by atoms with van der Waals surface area (Å²) in [6.45, 7) is 0.890. The molecule has 0 atom stereocenters. The van der Waals surface area contributed by atoms with Gasteiger partial charge in [-0.25, -0.2) is 5.48 Å². The highest BCUT2D eigenvalue weighted by molar-refractivity contribution is 5.83. The molecule has 0 saturated carbocycles. The van der Waals surface area contributed by atoms with Gasteiger partial charge in [-0.15, -0.1) is 0 Å². The Kier molecular flexibility index (Phi) is 8.69. The number of hydroxylamine groups is 1.